The van der Waals surface area contributed by atoms with Crippen molar-refractivity contribution in [3.63, 3.8) is 0 Å². The number of benzene rings is 1. The number of amides is 1. The standard InChI is InChI=1S/C25H27ClN2O5/c1-6-32-25(31)22-15(2)21(16(3)27(22)5)23(29)17(4)28(14-18-10-9-13-33-18)24(30)19-11-7-8-12-20(19)26/h7-13,17H,6,14H2,1-5H3. The first-order valence-electron chi connectivity index (χ1n) is 10.6. The molecule has 7 nitrogen and oxygen atoms in total. The molecule has 0 aliphatic carbocycles. The summed E-state index contributed by atoms with van der Waals surface area (Å²) in [5, 5.41) is 0.295. The summed E-state index contributed by atoms with van der Waals surface area (Å²) < 4.78 is 12.3. The number of nitrogens with zero attached hydrogens (tertiary/aromatic N) is 2. The first kappa shape index (κ1) is 24.3. The van der Waals surface area contributed by atoms with Gasteiger partial charge in [0.1, 0.15) is 11.5 Å². The molecule has 0 aliphatic rings. The average Bonchev–Trinajstić information content (AvgIpc) is 3.37. The van der Waals surface area contributed by atoms with Crippen LogP contribution in [0.4, 0.5) is 0 Å². The highest BCUT2D eigenvalue weighted by Gasteiger charge is 2.33. The summed E-state index contributed by atoms with van der Waals surface area (Å²) in [6.45, 7) is 7.18. The third kappa shape index (κ3) is 4.73. The van der Waals surface area contributed by atoms with Crippen LogP contribution in [0.2, 0.25) is 5.02 Å². The number of ketones is 1. The summed E-state index contributed by atoms with van der Waals surface area (Å²) >= 11 is 6.27. The molecule has 2 heterocycles. The van der Waals surface area contributed by atoms with Gasteiger partial charge in [-0.15, -0.1) is 0 Å². The Morgan fingerprint density at radius 3 is 2.45 bits per heavy atom. The Morgan fingerprint density at radius 1 is 1.15 bits per heavy atom. The van der Waals surface area contributed by atoms with Gasteiger partial charge in [-0.05, 0) is 57.5 Å². The Bertz CT molecular complexity index is 1180. The lowest BCUT2D eigenvalue weighted by molar-refractivity contribution is 0.0513. The summed E-state index contributed by atoms with van der Waals surface area (Å²) in [6.07, 6.45) is 1.51. The maximum atomic E-state index is 13.7. The highest BCUT2D eigenvalue weighted by atomic mass is 35.5. The van der Waals surface area contributed by atoms with E-state index in [9.17, 15) is 14.4 Å². The number of carbonyl (C=O) groups is 3. The van der Waals surface area contributed by atoms with E-state index < -0.39 is 17.9 Å². The second kappa shape index (κ2) is 10.1. The minimum Gasteiger partial charge on any atom is -0.467 e. The van der Waals surface area contributed by atoms with Gasteiger partial charge in [-0.2, -0.15) is 0 Å². The SMILES string of the molecule is CCOC(=O)c1c(C)c(C(=O)C(C)N(Cc2ccco2)C(=O)c2ccccc2Cl)c(C)n1C. The summed E-state index contributed by atoms with van der Waals surface area (Å²) in [5.41, 5.74) is 2.15. The lowest BCUT2D eigenvalue weighted by Crippen LogP contribution is -2.43. The van der Waals surface area contributed by atoms with Gasteiger partial charge in [0.25, 0.3) is 5.91 Å². The molecular formula is C25H27ClN2O5. The topological polar surface area (TPSA) is 81.8 Å². The van der Waals surface area contributed by atoms with Crippen molar-refractivity contribution in [2.75, 3.05) is 6.61 Å². The van der Waals surface area contributed by atoms with Gasteiger partial charge in [0.05, 0.1) is 36.0 Å². The molecule has 1 atom stereocenters. The number of aromatic nitrogens is 1. The first-order valence-corrected chi connectivity index (χ1v) is 11.0. The predicted molar refractivity (Wildman–Crippen MR) is 125 cm³/mol. The van der Waals surface area contributed by atoms with E-state index >= 15 is 0 Å². The van der Waals surface area contributed by atoms with Crippen molar-refractivity contribution >= 4 is 29.3 Å². The van der Waals surface area contributed by atoms with E-state index in [1.54, 1.807) is 75.7 Å². The second-order valence-corrected chi connectivity index (χ2v) is 8.15. The largest absolute Gasteiger partial charge is 0.467 e. The fourth-order valence-corrected chi connectivity index (χ4v) is 4.14. The summed E-state index contributed by atoms with van der Waals surface area (Å²) in [5.74, 6) is -0.645. The highest BCUT2D eigenvalue weighted by molar-refractivity contribution is 6.33. The minimum atomic E-state index is -0.853. The minimum absolute atomic E-state index is 0.0830. The Balaban J connectivity index is 2.03. The maximum absolute atomic E-state index is 13.7. The van der Waals surface area contributed by atoms with E-state index in [1.807, 2.05) is 0 Å². The third-order valence-electron chi connectivity index (χ3n) is 5.76. The van der Waals surface area contributed by atoms with Crippen molar-refractivity contribution in [1.82, 2.24) is 9.47 Å². The van der Waals surface area contributed by atoms with Gasteiger partial charge >= 0.3 is 5.97 Å². The summed E-state index contributed by atoms with van der Waals surface area (Å²) in [6, 6.07) is 9.30. The Kier molecular flexibility index (Phi) is 7.43. The molecule has 0 saturated heterocycles. The van der Waals surface area contributed by atoms with Crippen molar-refractivity contribution in [3.8, 4) is 0 Å². The normalized spacial score (nSPS) is 11.8. The van der Waals surface area contributed by atoms with Crippen molar-refractivity contribution in [1.29, 1.82) is 0 Å². The molecule has 33 heavy (non-hydrogen) atoms. The summed E-state index contributed by atoms with van der Waals surface area (Å²) in [7, 11) is 1.71. The van der Waals surface area contributed by atoms with Gasteiger partial charge in [-0.25, -0.2) is 4.79 Å². The predicted octanol–water partition coefficient (Wildman–Crippen LogP) is 4.98. The Morgan fingerprint density at radius 2 is 1.85 bits per heavy atom. The van der Waals surface area contributed by atoms with Crippen LogP contribution in [0.25, 0.3) is 0 Å². The molecule has 8 heteroatoms. The molecule has 0 aliphatic heterocycles. The number of carbonyl (C=O) groups excluding carboxylic acids is 3. The van der Waals surface area contributed by atoms with Crippen LogP contribution >= 0.6 is 11.6 Å². The maximum Gasteiger partial charge on any atom is 0.355 e. The van der Waals surface area contributed by atoms with E-state index in [0.717, 1.165) is 0 Å². The molecule has 0 bridgehead atoms. The molecule has 0 spiro atoms. The van der Waals surface area contributed by atoms with Crippen LogP contribution in [-0.4, -0.2) is 39.8 Å². The number of rotatable bonds is 8. The number of furan rings is 1. The molecule has 3 aromatic rings. The first-order chi connectivity index (χ1) is 15.7. The number of hydrogen-bond acceptors (Lipinski definition) is 5. The highest BCUT2D eigenvalue weighted by Crippen LogP contribution is 2.27. The van der Waals surface area contributed by atoms with Gasteiger partial charge in [0, 0.05) is 18.3 Å². The quantitative estimate of drug-likeness (QED) is 0.342. The van der Waals surface area contributed by atoms with Crippen LogP contribution in [0.5, 0.6) is 0 Å². The zero-order valence-corrected chi connectivity index (χ0v) is 20.1. The number of ether oxygens (including phenoxy) is 1. The van der Waals surface area contributed by atoms with Crippen LogP contribution in [0.3, 0.4) is 0 Å². The van der Waals surface area contributed by atoms with E-state index in [4.69, 9.17) is 20.8 Å². The van der Waals surface area contributed by atoms with Crippen molar-refractivity contribution < 1.29 is 23.5 Å². The van der Waals surface area contributed by atoms with Gasteiger partial charge in [-0.1, -0.05) is 23.7 Å². The fourth-order valence-electron chi connectivity index (χ4n) is 3.92. The molecule has 0 saturated carbocycles. The lowest BCUT2D eigenvalue weighted by Gasteiger charge is -2.28. The Labute approximate surface area is 197 Å². The van der Waals surface area contributed by atoms with Gasteiger partial charge < -0.3 is 18.6 Å². The smallest absolute Gasteiger partial charge is 0.355 e. The third-order valence-corrected chi connectivity index (χ3v) is 6.09. The van der Waals surface area contributed by atoms with Crippen LogP contribution in [0.15, 0.2) is 47.1 Å². The lowest BCUT2D eigenvalue weighted by atomic mass is 9.99. The van der Waals surface area contributed by atoms with E-state index in [0.29, 0.717) is 38.9 Å². The van der Waals surface area contributed by atoms with Crippen molar-refractivity contribution in [2.24, 2.45) is 7.05 Å². The van der Waals surface area contributed by atoms with Crippen molar-refractivity contribution in [2.45, 2.75) is 40.3 Å². The summed E-state index contributed by atoms with van der Waals surface area (Å²) in [4.78, 5) is 41.1. The molecule has 0 N–H and O–H groups in total. The van der Waals surface area contributed by atoms with Crippen LogP contribution in [-0.2, 0) is 18.3 Å². The molecule has 2 aromatic heterocycles. The molecule has 0 radical (unpaired) electrons. The van der Waals surface area contributed by atoms with Crippen LogP contribution in [0.1, 0.15) is 62.1 Å². The van der Waals surface area contributed by atoms with E-state index in [1.165, 1.54) is 11.2 Å². The second-order valence-electron chi connectivity index (χ2n) is 7.75. The Hall–Kier alpha value is -3.32. The van der Waals surface area contributed by atoms with Crippen LogP contribution < -0.4 is 0 Å². The molecule has 1 amide bonds. The fraction of sp³-hybridized carbons (Fsp3) is 0.320. The molecule has 0 fully saturated rings. The van der Waals surface area contributed by atoms with Gasteiger partial charge in [0.15, 0.2) is 5.78 Å². The zero-order valence-electron chi connectivity index (χ0n) is 19.3. The zero-order chi connectivity index (χ0) is 24.3. The van der Waals surface area contributed by atoms with E-state index in [2.05, 4.69) is 0 Å². The number of hydrogen-bond donors (Lipinski definition) is 0. The van der Waals surface area contributed by atoms with Gasteiger partial charge in [-0.3, -0.25) is 9.59 Å². The average molecular weight is 471 g/mol. The molecule has 174 valence electrons. The monoisotopic (exact) mass is 470 g/mol. The molecular weight excluding hydrogens is 444 g/mol. The van der Waals surface area contributed by atoms with E-state index in [-0.39, 0.29) is 18.9 Å². The van der Waals surface area contributed by atoms with Crippen molar-refractivity contribution in [3.05, 3.63) is 81.5 Å². The van der Waals surface area contributed by atoms with Gasteiger partial charge in [0.2, 0.25) is 0 Å². The number of Topliss-reactive ketones (excluding diaryl/α,β-unsaturated/α-hetero) is 1. The number of esters is 1. The molecule has 1 unspecified atom stereocenters. The molecule has 3 rings (SSSR count). The number of halogens is 1. The molecule has 1 aromatic carbocycles. The van der Waals surface area contributed by atoms with Crippen LogP contribution in [0, 0.1) is 13.8 Å².